The molecule has 0 aliphatic rings. The van der Waals surface area contributed by atoms with Gasteiger partial charge in [-0.05, 0) is 74.5 Å². The van der Waals surface area contributed by atoms with Crippen LogP contribution in [-0.4, -0.2) is 46.3 Å². The van der Waals surface area contributed by atoms with Crippen LogP contribution < -0.4 is 15.6 Å². The number of alkyl halides is 2. The van der Waals surface area contributed by atoms with E-state index in [1.54, 1.807) is 28.8 Å². The molecule has 0 unspecified atom stereocenters. The summed E-state index contributed by atoms with van der Waals surface area (Å²) < 4.78 is 1.71. The number of rotatable bonds is 11. The van der Waals surface area contributed by atoms with E-state index in [0.717, 1.165) is 17.1 Å². The van der Waals surface area contributed by atoms with Crippen molar-refractivity contribution in [2.24, 2.45) is 0 Å². The maximum atomic E-state index is 13.3. The van der Waals surface area contributed by atoms with E-state index >= 15 is 0 Å². The molecule has 0 aliphatic heterocycles. The molecule has 0 fully saturated rings. The van der Waals surface area contributed by atoms with Gasteiger partial charge < -0.3 is 19.9 Å². The molecule has 1 aromatic heterocycles. The minimum Gasteiger partial charge on any atom is -0.477 e. The van der Waals surface area contributed by atoms with Gasteiger partial charge in [0.1, 0.15) is 5.56 Å². The van der Waals surface area contributed by atoms with Crippen molar-refractivity contribution in [2.45, 2.75) is 19.9 Å². The van der Waals surface area contributed by atoms with Gasteiger partial charge in [-0.15, -0.1) is 23.2 Å². The van der Waals surface area contributed by atoms with Crippen molar-refractivity contribution in [3.63, 3.8) is 0 Å². The van der Waals surface area contributed by atoms with E-state index in [-0.39, 0.29) is 22.8 Å². The van der Waals surface area contributed by atoms with Gasteiger partial charge >= 0.3 is 5.97 Å². The predicted octanol–water partition coefficient (Wildman–Crippen LogP) is 6.54. The Kier molecular flexibility index (Phi) is 8.94. The van der Waals surface area contributed by atoms with Crippen LogP contribution in [0, 0.1) is 0 Å². The molecular formula is C30H29Cl2N3O4. The fraction of sp³-hybridized carbons (Fsp3) is 0.233. The first-order valence-corrected chi connectivity index (χ1v) is 13.6. The van der Waals surface area contributed by atoms with Crippen LogP contribution in [0.15, 0.2) is 77.7 Å². The Labute approximate surface area is 236 Å². The lowest BCUT2D eigenvalue weighted by Crippen LogP contribution is -2.27. The first kappa shape index (κ1) is 28.2. The molecule has 3 aromatic carbocycles. The summed E-state index contributed by atoms with van der Waals surface area (Å²) in [6.45, 7) is 5.21. The summed E-state index contributed by atoms with van der Waals surface area (Å²) in [4.78, 5) is 39.7. The third-order valence-corrected chi connectivity index (χ3v) is 6.80. The van der Waals surface area contributed by atoms with Gasteiger partial charge in [0.2, 0.25) is 5.43 Å². The standard InChI is InChI=1S/C30H29Cl2N3O4/c1-19(2)35-18-26(30(38)39)29(37)25-12-5-21(17-27(25)35)28(36)20-3-6-22(7-4-20)33-23-8-10-24(11-9-23)34(15-13-31)16-14-32/h3-12,17-19,33H,13-16H2,1-2H3,(H,38,39). The number of carbonyl (C=O) groups excluding carboxylic acids is 1. The minimum absolute atomic E-state index is 0.111. The predicted molar refractivity (Wildman–Crippen MR) is 159 cm³/mol. The molecule has 0 bridgehead atoms. The van der Waals surface area contributed by atoms with Crippen LogP contribution in [0.1, 0.15) is 46.2 Å². The molecule has 9 heteroatoms. The number of carboxylic acids is 1. The van der Waals surface area contributed by atoms with E-state index in [2.05, 4.69) is 10.2 Å². The zero-order valence-electron chi connectivity index (χ0n) is 21.7. The number of carbonyl (C=O) groups is 2. The van der Waals surface area contributed by atoms with Gasteiger partial charge in [-0.3, -0.25) is 9.59 Å². The first-order chi connectivity index (χ1) is 18.7. The van der Waals surface area contributed by atoms with E-state index in [9.17, 15) is 19.5 Å². The Balaban J connectivity index is 1.55. The van der Waals surface area contributed by atoms with E-state index < -0.39 is 11.4 Å². The molecule has 4 aromatic rings. The van der Waals surface area contributed by atoms with Gasteiger partial charge in [-0.1, -0.05) is 6.07 Å². The second kappa shape index (κ2) is 12.4. The van der Waals surface area contributed by atoms with Gasteiger partial charge in [0, 0.05) is 70.7 Å². The molecule has 2 N–H and O–H groups in total. The molecule has 0 spiro atoms. The van der Waals surface area contributed by atoms with Crippen LogP contribution in [0.3, 0.4) is 0 Å². The summed E-state index contributed by atoms with van der Waals surface area (Å²) >= 11 is 11.8. The molecule has 1 heterocycles. The van der Waals surface area contributed by atoms with Gasteiger partial charge in [-0.25, -0.2) is 4.79 Å². The van der Waals surface area contributed by atoms with Crippen LogP contribution in [0.25, 0.3) is 10.9 Å². The number of hydrogen-bond donors (Lipinski definition) is 2. The second-order valence-corrected chi connectivity index (χ2v) is 10.1. The topological polar surface area (TPSA) is 91.6 Å². The minimum atomic E-state index is -1.28. The van der Waals surface area contributed by atoms with Gasteiger partial charge in [0.05, 0.1) is 5.52 Å². The highest BCUT2D eigenvalue weighted by molar-refractivity contribution is 6.18. The summed E-state index contributed by atoms with van der Waals surface area (Å²) in [5.41, 5.74) is 3.33. The molecular weight excluding hydrogens is 537 g/mol. The summed E-state index contributed by atoms with van der Waals surface area (Å²) in [7, 11) is 0. The van der Waals surface area contributed by atoms with Crippen molar-refractivity contribution >= 4 is 62.9 Å². The Hall–Kier alpha value is -3.81. The second-order valence-electron chi connectivity index (χ2n) is 9.35. The number of nitrogens with one attached hydrogen (secondary N) is 1. The Bertz CT molecular complexity index is 1540. The number of benzene rings is 3. The molecule has 39 heavy (non-hydrogen) atoms. The van der Waals surface area contributed by atoms with Crippen LogP contribution >= 0.6 is 23.2 Å². The summed E-state index contributed by atoms with van der Waals surface area (Å²) in [6, 6.07) is 19.7. The number of aromatic carboxylic acids is 1. The molecule has 0 saturated heterocycles. The average Bonchev–Trinajstić information content (AvgIpc) is 2.93. The summed E-state index contributed by atoms with van der Waals surface area (Å²) in [5, 5.41) is 13.0. The number of carboxylic acid groups (broad SMARTS) is 1. The van der Waals surface area contributed by atoms with Crippen molar-refractivity contribution in [3.05, 3.63) is 99.8 Å². The molecule has 4 rings (SSSR count). The van der Waals surface area contributed by atoms with Crippen molar-refractivity contribution < 1.29 is 14.7 Å². The van der Waals surface area contributed by atoms with Crippen molar-refractivity contribution in [1.29, 1.82) is 0 Å². The molecule has 0 amide bonds. The normalized spacial score (nSPS) is 11.1. The molecule has 0 radical (unpaired) electrons. The lowest BCUT2D eigenvalue weighted by atomic mass is 10.0. The van der Waals surface area contributed by atoms with E-state index in [0.29, 0.717) is 41.5 Å². The zero-order chi connectivity index (χ0) is 28.1. The number of anilines is 3. The number of hydrogen-bond acceptors (Lipinski definition) is 5. The van der Waals surface area contributed by atoms with Crippen LogP contribution in [0.2, 0.25) is 0 Å². The van der Waals surface area contributed by atoms with Crippen molar-refractivity contribution in [3.8, 4) is 0 Å². The Morgan fingerprint density at radius 1 is 0.897 bits per heavy atom. The van der Waals surface area contributed by atoms with Crippen LogP contribution in [0.5, 0.6) is 0 Å². The number of pyridine rings is 1. The third-order valence-electron chi connectivity index (χ3n) is 6.46. The maximum Gasteiger partial charge on any atom is 0.341 e. The maximum absolute atomic E-state index is 13.3. The fourth-order valence-electron chi connectivity index (χ4n) is 4.44. The van der Waals surface area contributed by atoms with Gasteiger partial charge in [0.15, 0.2) is 5.78 Å². The zero-order valence-corrected chi connectivity index (χ0v) is 23.2. The van der Waals surface area contributed by atoms with Crippen LogP contribution in [-0.2, 0) is 0 Å². The van der Waals surface area contributed by atoms with Crippen LogP contribution in [0.4, 0.5) is 17.1 Å². The van der Waals surface area contributed by atoms with E-state index in [1.165, 1.54) is 12.3 Å². The Morgan fingerprint density at radius 2 is 1.46 bits per heavy atom. The highest BCUT2D eigenvalue weighted by Gasteiger charge is 2.18. The summed E-state index contributed by atoms with van der Waals surface area (Å²) in [5.74, 6) is -0.439. The largest absolute Gasteiger partial charge is 0.477 e. The number of aromatic nitrogens is 1. The monoisotopic (exact) mass is 565 g/mol. The van der Waals surface area contributed by atoms with Gasteiger partial charge in [0.25, 0.3) is 0 Å². The fourth-order valence-corrected chi connectivity index (χ4v) is 4.85. The smallest absolute Gasteiger partial charge is 0.341 e. The lowest BCUT2D eigenvalue weighted by molar-refractivity contribution is 0.0694. The SMILES string of the molecule is CC(C)n1cc(C(=O)O)c(=O)c2ccc(C(=O)c3ccc(Nc4ccc(N(CCCl)CCCl)cc4)cc3)cc21. The van der Waals surface area contributed by atoms with Crippen molar-refractivity contribution in [1.82, 2.24) is 4.57 Å². The third kappa shape index (κ3) is 6.27. The van der Waals surface area contributed by atoms with Crippen molar-refractivity contribution in [2.75, 3.05) is 35.1 Å². The van der Waals surface area contributed by atoms with E-state index in [1.807, 2.05) is 50.2 Å². The molecule has 202 valence electrons. The number of ketones is 1. The highest BCUT2D eigenvalue weighted by Crippen LogP contribution is 2.24. The van der Waals surface area contributed by atoms with Gasteiger partial charge in [-0.2, -0.15) is 0 Å². The number of fused-ring (bicyclic) bond motifs is 1. The molecule has 0 saturated carbocycles. The average molecular weight is 566 g/mol. The quantitative estimate of drug-likeness (QED) is 0.158. The lowest BCUT2D eigenvalue weighted by Gasteiger charge is -2.23. The van der Waals surface area contributed by atoms with E-state index in [4.69, 9.17) is 23.2 Å². The molecule has 7 nitrogen and oxygen atoms in total. The highest BCUT2D eigenvalue weighted by atomic mass is 35.5. The molecule has 0 atom stereocenters. The number of halogens is 2. The Morgan fingerprint density at radius 3 is 2.00 bits per heavy atom. The number of nitrogens with zero attached hydrogens (tertiary/aromatic N) is 2. The molecule has 0 aliphatic carbocycles. The first-order valence-electron chi connectivity index (χ1n) is 12.5. The summed E-state index contributed by atoms with van der Waals surface area (Å²) in [6.07, 6.45) is 1.34.